The standard InChI is InChI=1S/C17H25N3OS/c1-10(22-16-19-18-11(2)20(16)3)15(21)17-7-12-4-13(8-17)6-14(5-12)9-17/h10,12-14H,4-9H2,1-3H3/t10-,12?,13?,14?,17?/m1/s1. The Morgan fingerprint density at radius 2 is 1.73 bits per heavy atom. The second kappa shape index (κ2) is 5.08. The quantitative estimate of drug-likeness (QED) is 0.798. The fraction of sp³-hybridized carbons (Fsp3) is 0.824. The Hall–Kier alpha value is -0.840. The van der Waals surface area contributed by atoms with Crippen molar-refractivity contribution in [2.24, 2.45) is 30.2 Å². The number of ketones is 1. The third-order valence-electron chi connectivity index (χ3n) is 6.26. The maximum Gasteiger partial charge on any atom is 0.191 e. The zero-order valence-corrected chi connectivity index (χ0v) is 14.5. The number of rotatable bonds is 4. The van der Waals surface area contributed by atoms with Crippen molar-refractivity contribution in [1.29, 1.82) is 0 Å². The lowest BCUT2D eigenvalue weighted by atomic mass is 9.48. The van der Waals surface area contributed by atoms with E-state index in [1.807, 2.05) is 18.5 Å². The van der Waals surface area contributed by atoms with E-state index < -0.39 is 0 Å². The molecule has 4 nitrogen and oxygen atoms in total. The topological polar surface area (TPSA) is 47.8 Å². The lowest BCUT2D eigenvalue weighted by molar-refractivity contribution is -0.142. The molecule has 22 heavy (non-hydrogen) atoms. The van der Waals surface area contributed by atoms with Gasteiger partial charge in [-0.05, 0) is 70.1 Å². The van der Waals surface area contributed by atoms with Gasteiger partial charge in [-0.1, -0.05) is 11.8 Å². The summed E-state index contributed by atoms with van der Waals surface area (Å²) in [5, 5.41) is 9.16. The average molecular weight is 319 g/mol. The molecule has 0 spiro atoms. The van der Waals surface area contributed by atoms with Crippen LogP contribution in [0.3, 0.4) is 0 Å². The molecule has 0 radical (unpaired) electrons. The van der Waals surface area contributed by atoms with Gasteiger partial charge in [0.1, 0.15) is 5.82 Å². The molecule has 4 aliphatic rings. The van der Waals surface area contributed by atoms with Crippen molar-refractivity contribution in [3.8, 4) is 0 Å². The summed E-state index contributed by atoms with van der Waals surface area (Å²) >= 11 is 1.59. The number of aromatic nitrogens is 3. The third kappa shape index (κ3) is 2.24. The molecule has 1 atom stereocenters. The smallest absolute Gasteiger partial charge is 0.191 e. The van der Waals surface area contributed by atoms with Crippen LogP contribution >= 0.6 is 11.8 Å². The van der Waals surface area contributed by atoms with E-state index in [9.17, 15) is 4.79 Å². The first-order valence-corrected chi connectivity index (χ1v) is 9.42. The first kappa shape index (κ1) is 14.7. The summed E-state index contributed by atoms with van der Waals surface area (Å²) in [5.41, 5.74) is -0.00515. The highest BCUT2D eigenvalue weighted by molar-refractivity contribution is 8.00. The van der Waals surface area contributed by atoms with Crippen LogP contribution in [0.2, 0.25) is 0 Å². The summed E-state index contributed by atoms with van der Waals surface area (Å²) in [7, 11) is 1.97. The summed E-state index contributed by atoms with van der Waals surface area (Å²) < 4.78 is 1.98. The predicted octanol–water partition coefficient (Wildman–Crippen LogP) is 3.39. The number of aryl methyl sites for hydroxylation is 1. The summed E-state index contributed by atoms with van der Waals surface area (Å²) in [6.07, 6.45) is 7.62. The minimum atomic E-state index is -0.0152. The molecule has 1 heterocycles. The first-order chi connectivity index (χ1) is 10.5. The Morgan fingerprint density at radius 3 is 2.18 bits per heavy atom. The second-order valence-corrected chi connectivity index (χ2v) is 9.22. The van der Waals surface area contributed by atoms with Gasteiger partial charge in [-0.2, -0.15) is 0 Å². The molecule has 0 N–H and O–H groups in total. The van der Waals surface area contributed by atoms with Gasteiger partial charge in [0.05, 0.1) is 5.25 Å². The van der Waals surface area contributed by atoms with Gasteiger partial charge < -0.3 is 4.57 Å². The molecule has 0 unspecified atom stereocenters. The van der Waals surface area contributed by atoms with E-state index in [1.165, 1.54) is 19.3 Å². The highest BCUT2D eigenvalue weighted by atomic mass is 32.2. The van der Waals surface area contributed by atoms with E-state index in [1.54, 1.807) is 11.8 Å². The summed E-state index contributed by atoms with van der Waals surface area (Å²) in [6.45, 7) is 4.01. The molecule has 0 aliphatic heterocycles. The fourth-order valence-electron chi connectivity index (χ4n) is 5.55. The van der Waals surface area contributed by atoms with Crippen molar-refractivity contribution >= 4 is 17.5 Å². The van der Waals surface area contributed by atoms with Crippen molar-refractivity contribution in [1.82, 2.24) is 14.8 Å². The van der Waals surface area contributed by atoms with Crippen LogP contribution in [0.15, 0.2) is 5.16 Å². The monoisotopic (exact) mass is 319 g/mol. The molecular weight excluding hydrogens is 294 g/mol. The average Bonchev–Trinajstić information content (AvgIpc) is 2.77. The Bertz CT molecular complexity index is 574. The highest BCUT2D eigenvalue weighted by Crippen LogP contribution is 2.61. The van der Waals surface area contributed by atoms with E-state index in [0.717, 1.165) is 48.0 Å². The van der Waals surface area contributed by atoms with Gasteiger partial charge >= 0.3 is 0 Å². The largest absolute Gasteiger partial charge is 0.309 e. The van der Waals surface area contributed by atoms with E-state index in [-0.39, 0.29) is 10.7 Å². The lowest BCUT2D eigenvalue weighted by Gasteiger charge is -2.56. The number of thioether (sulfide) groups is 1. The Labute approximate surface area is 136 Å². The number of carbonyl (C=O) groups is 1. The molecule has 120 valence electrons. The van der Waals surface area contributed by atoms with Crippen LogP contribution in [-0.2, 0) is 11.8 Å². The molecule has 4 aliphatic carbocycles. The van der Waals surface area contributed by atoms with E-state index in [2.05, 4.69) is 17.1 Å². The van der Waals surface area contributed by atoms with Crippen molar-refractivity contribution in [3.05, 3.63) is 5.82 Å². The van der Waals surface area contributed by atoms with Gasteiger partial charge in [-0.3, -0.25) is 4.79 Å². The van der Waals surface area contributed by atoms with Crippen LogP contribution in [0.25, 0.3) is 0 Å². The number of Topliss-reactive ketones (excluding diaryl/α,β-unsaturated/α-hetero) is 1. The molecule has 0 amide bonds. The van der Waals surface area contributed by atoms with Crippen molar-refractivity contribution in [3.63, 3.8) is 0 Å². The number of nitrogens with zero attached hydrogens (tertiary/aromatic N) is 3. The maximum absolute atomic E-state index is 13.2. The number of hydrogen-bond acceptors (Lipinski definition) is 4. The van der Waals surface area contributed by atoms with Gasteiger partial charge in [0.2, 0.25) is 0 Å². The van der Waals surface area contributed by atoms with Gasteiger partial charge in [0.15, 0.2) is 10.9 Å². The Kier molecular flexibility index (Phi) is 3.40. The summed E-state index contributed by atoms with van der Waals surface area (Å²) in [5.74, 6) is 3.85. The second-order valence-electron chi connectivity index (χ2n) is 7.91. The highest BCUT2D eigenvalue weighted by Gasteiger charge is 2.55. The van der Waals surface area contributed by atoms with E-state index >= 15 is 0 Å². The SMILES string of the molecule is Cc1nnc(S[C@H](C)C(=O)C23CC4CC(CC(C4)C2)C3)n1C. The molecule has 4 saturated carbocycles. The molecule has 0 aromatic carbocycles. The van der Waals surface area contributed by atoms with Gasteiger partial charge in [-0.25, -0.2) is 0 Å². The molecule has 5 rings (SSSR count). The zero-order valence-electron chi connectivity index (χ0n) is 13.7. The lowest BCUT2D eigenvalue weighted by Crippen LogP contribution is -2.51. The minimum Gasteiger partial charge on any atom is -0.309 e. The number of carbonyl (C=O) groups excluding carboxylic acids is 1. The minimum absolute atomic E-state index is 0.00515. The third-order valence-corrected chi connectivity index (χ3v) is 7.40. The summed E-state index contributed by atoms with van der Waals surface area (Å²) in [6, 6.07) is 0. The van der Waals surface area contributed by atoms with Crippen molar-refractivity contribution < 1.29 is 4.79 Å². The predicted molar refractivity (Wildman–Crippen MR) is 86.7 cm³/mol. The van der Waals surface area contributed by atoms with E-state index in [0.29, 0.717) is 5.78 Å². The molecule has 4 fully saturated rings. The summed E-state index contributed by atoms with van der Waals surface area (Å²) in [4.78, 5) is 13.2. The van der Waals surface area contributed by atoms with Crippen molar-refractivity contribution in [2.75, 3.05) is 0 Å². The first-order valence-electron chi connectivity index (χ1n) is 8.54. The molecule has 4 bridgehead atoms. The molecule has 0 saturated heterocycles. The fourth-order valence-corrected chi connectivity index (χ4v) is 6.60. The molecule has 5 heteroatoms. The van der Waals surface area contributed by atoms with Crippen LogP contribution < -0.4 is 0 Å². The zero-order chi connectivity index (χ0) is 15.5. The van der Waals surface area contributed by atoms with Gasteiger partial charge in [0, 0.05) is 12.5 Å². The Balaban J connectivity index is 1.52. The van der Waals surface area contributed by atoms with Crippen LogP contribution in [-0.4, -0.2) is 25.8 Å². The number of hydrogen-bond donors (Lipinski definition) is 0. The van der Waals surface area contributed by atoms with Gasteiger partial charge in [0.25, 0.3) is 0 Å². The maximum atomic E-state index is 13.2. The van der Waals surface area contributed by atoms with Crippen LogP contribution in [0, 0.1) is 30.1 Å². The van der Waals surface area contributed by atoms with Gasteiger partial charge in [-0.15, -0.1) is 10.2 Å². The van der Waals surface area contributed by atoms with Crippen molar-refractivity contribution in [2.45, 2.75) is 62.8 Å². The molecular formula is C17H25N3OS. The Morgan fingerprint density at radius 1 is 1.18 bits per heavy atom. The van der Waals surface area contributed by atoms with E-state index in [4.69, 9.17) is 0 Å². The normalized spacial score (nSPS) is 37.5. The van der Waals surface area contributed by atoms with Crippen LogP contribution in [0.1, 0.15) is 51.3 Å². The molecule has 1 aromatic heterocycles. The molecule has 1 aromatic rings. The van der Waals surface area contributed by atoms with Crippen LogP contribution in [0.5, 0.6) is 0 Å². The van der Waals surface area contributed by atoms with Crippen LogP contribution in [0.4, 0.5) is 0 Å².